The van der Waals surface area contributed by atoms with E-state index < -0.39 is 4.92 Å². The first-order valence-corrected chi connectivity index (χ1v) is 5.89. The number of fused-ring (bicyclic) bond motifs is 1. The van der Waals surface area contributed by atoms with Crippen LogP contribution in [0, 0.1) is 10.1 Å². The van der Waals surface area contributed by atoms with Crippen LogP contribution >= 0.6 is 0 Å². The minimum Gasteiger partial charge on any atom is -0.453 e. The summed E-state index contributed by atoms with van der Waals surface area (Å²) in [7, 11) is 1.89. The lowest BCUT2D eigenvalue weighted by Crippen LogP contribution is -2.23. The molecule has 1 fully saturated rings. The standard InChI is InChI=1S/C12H14N2O4/c1-13-6-12(2-3-12)8-4-9(14(15)16)11-10(5-8)17-7-18-11/h4-5,13H,2-3,6-7H2,1H3. The zero-order chi connectivity index (χ0) is 12.8. The molecule has 0 amide bonds. The van der Waals surface area contributed by atoms with Crippen LogP contribution in [0.1, 0.15) is 18.4 Å². The van der Waals surface area contributed by atoms with Gasteiger partial charge < -0.3 is 14.8 Å². The molecule has 96 valence electrons. The summed E-state index contributed by atoms with van der Waals surface area (Å²) in [4.78, 5) is 10.7. The summed E-state index contributed by atoms with van der Waals surface area (Å²) in [5.41, 5.74) is 0.996. The van der Waals surface area contributed by atoms with Crippen LogP contribution in [-0.4, -0.2) is 25.3 Å². The minimum atomic E-state index is -0.410. The monoisotopic (exact) mass is 250 g/mol. The molecule has 0 bridgehead atoms. The SMILES string of the molecule is CNCC1(c2cc3c(c([N+](=O)[O-])c2)OCO3)CC1. The number of nitrogens with one attached hydrogen (secondary N) is 1. The molecule has 6 heteroatoms. The second-order valence-corrected chi connectivity index (χ2v) is 4.80. The summed E-state index contributed by atoms with van der Waals surface area (Å²) in [6.07, 6.45) is 2.09. The third-order valence-electron chi connectivity index (χ3n) is 3.63. The summed E-state index contributed by atoms with van der Waals surface area (Å²) in [5.74, 6) is 0.741. The van der Waals surface area contributed by atoms with Crippen molar-refractivity contribution < 1.29 is 14.4 Å². The van der Waals surface area contributed by atoms with E-state index in [9.17, 15) is 10.1 Å². The van der Waals surface area contributed by atoms with Gasteiger partial charge in [0.1, 0.15) is 0 Å². The van der Waals surface area contributed by atoms with Gasteiger partial charge in [-0.25, -0.2) is 0 Å². The van der Waals surface area contributed by atoms with Crippen LogP contribution in [0.3, 0.4) is 0 Å². The summed E-state index contributed by atoms with van der Waals surface area (Å²) in [5, 5.41) is 14.2. The molecule has 3 rings (SSSR count). The van der Waals surface area contributed by atoms with Gasteiger partial charge in [-0.05, 0) is 31.5 Å². The maximum absolute atomic E-state index is 11.1. The molecule has 1 aromatic rings. The topological polar surface area (TPSA) is 73.6 Å². The third-order valence-corrected chi connectivity index (χ3v) is 3.63. The summed E-state index contributed by atoms with van der Waals surface area (Å²) in [6.45, 7) is 0.877. The van der Waals surface area contributed by atoms with Gasteiger partial charge in [-0.3, -0.25) is 10.1 Å². The number of ether oxygens (including phenoxy) is 2. The van der Waals surface area contributed by atoms with Crippen LogP contribution in [0.25, 0.3) is 0 Å². The quantitative estimate of drug-likeness (QED) is 0.648. The number of rotatable bonds is 4. The Morgan fingerprint density at radius 2 is 2.22 bits per heavy atom. The Labute approximate surface area is 104 Å². The first-order valence-electron chi connectivity index (χ1n) is 5.89. The number of benzene rings is 1. The first kappa shape index (κ1) is 11.3. The van der Waals surface area contributed by atoms with E-state index in [0.717, 1.165) is 24.9 Å². The van der Waals surface area contributed by atoms with Crippen molar-refractivity contribution in [1.29, 1.82) is 0 Å². The maximum Gasteiger partial charge on any atom is 0.315 e. The van der Waals surface area contributed by atoms with Gasteiger partial charge in [-0.15, -0.1) is 0 Å². The number of likely N-dealkylation sites (N-methyl/N-ethyl adjacent to an activating group) is 1. The van der Waals surface area contributed by atoms with Crippen molar-refractivity contribution in [3.8, 4) is 11.5 Å². The molecular formula is C12H14N2O4. The summed E-state index contributed by atoms with van der Waals surface area (Å²) < 4.78 is 10.4. The van der Waals surface area contributed by atoms with Crippen molar-refractivity contribution >= 4 is 5.69 Å². The Morgan fingerprint density at radius 1 is 1.44 bits per heavy atom. The largest absolute Gasteiger partial charge is 0.453 e. The van der Waals surface area contributed by atoms with Gasteiger partial charge in [-0.2, -0.15) is 0 Å². The fraction of sp³-hybridized carbons (Fsp3) is 0.500. The van der Waals surface area contributed by atoms with E-state index in [4.69, 9.17) is 9.47 Å². The Morgan fingerprint density at radius 3 is 2.83 bits per heavy atom. The van der Waals surface area contributed by atoms with Crippen LogP contribution in [0.2, 0.25) is 0 Å². The lowest BCUT2D eigenvalue weighted by molar-refractivity contribution is -0.385. The van der Waals surface area contributed by atoms with Crippen LogP contribution in [0.4, 0.5) is 5.69 Å². The second-order valence-electron chi connectivity index (χ2n) is 4.80. The van der Waals surface area contributed by atoms with Gasteiger partial charge in [0.25, 0.3) is 0 Å². The van der Waals surface area contributed by atoms with Crippen LogP contribution < -0.4 is 14.8 Å². The lowest BCUT2D eigenvalue weighted by atomic mass is 9.95. The molecule has 1 aliphatic heterocycles. The van der Waals surface area contributed by atoms with Crippen molar-refractivity contribution in [3.63, 3.8) is 0 Å². The highest BCUT2D eigenvalue weighted by atomic mass is 16.7. The van der Waals surface area contributed by atoms with Crippen molar-refractivity contribution in [3.05, 3.63) is 27.8 Å². The van der Waals surface area contributed by atoms with Gasteiger partial charge in [0.2, 0.25) is 12.5 Å². The fourth-order valence-corrected chi connectivity index (χ4v) is 2.49. The van der Waals surface area contributed by atoms with Crippen molar-refractivity contribution in [2.45, 2.75) is 18.3 Å². The highest BCUT2D eigenvalue weighted by Gasteiger charge is 2.45. The molecular weight excluding hydrogens is 236 g/mol. The van der Waals surface area contributed by atoms with E-state index in [0.29, 0.717) is 5.75 Å². The Kier molecular flexibility index (Phi) is 2.41. The summed E-state index contributed by atoms with van der Waals surface area (Å²) >= 11 is 0. The number of hydrogen-bond acceptors (Lipinski definition) is 5. The molecule has 1 aliphatic carbocycles. The second kappa shape index (κ2) is 3.84. The molecule has 1 N–H and O–H groups in total. The van der Waals surface area contributed by atoms with E-state index in [1.165, 1.54) is 0 Å². The predicted octanol–water partition coefficient (Wildman–Crippen LogP) is 1.57. The van der Waals surface area contributed by atoms with E-state index in [1.54, 1.807) is 6.07 Å². The average Bonchev–Trinajstić information content (AvgIpc) is 2.98. The highest BCUT2D eigenvalue weighted by Crippen LogP contribution is 2.52. The van der Waals surface area contributed by atoms with Crippen molar-refractivity contribution in [1.82, 2.24) is 5.32 Å². The van der Waals surface area contributed by atoms with Crippen molar-refractivity contribution in [2.24, 2.45) is 0 Å². The van der Waals surface area contributed by atoms with E-state index in [1.807, 2.05) is 13.1 Å². The molecule has 0 unspecified atom stereocenters. The molecule has 0 aromatic heterocycles. The maximum atomic E-state index is 11.1. The van der Waals surface area contributed by atoms with E-state index in [2.05, 4.69) is 5.32 Å². The van der Waals surface area contributed by atoms with Crippen LogP contribution in [0.5, 0.6) is 11.5 Å². The number of nitro groups is 1. The number of nitrogens with zero attached hydrogens (tertiary/aromatic N) is 1. The Bertz CT molecular complexity index is 511. The van der Waals surface area contributed by atoms with E-state index >= 15 is 0 Å². The molecule has 1 saturated carbocycles. The molecule has 18 heavy (non-hydrogen) atoms. The zero-order valence-electron chi connectivity index (χ0n) is 10.1. The number of hydrogen-bond donors (Lipinski definition) is 1. The third kappa shape index (κ3) is 1.60. The molecule has 0 saturated heterocycles. The van der Waals surface area contributed by atoms with Gasteiger partial charge in [-0.1, -0.05) is 0 Å². The Balaban J connectivity index is 2.07. The number of nitro benzene ring substituents is 1. The fourth-order valence-electron chi connectivity index (χ4n) is 2.49. The molecule has 6 nitrogen and oxygen atoms in total. The summed E-state index contributed by atoms with van der Waals surface area (Å²) in [6, 6.07) is 3.50. The molecule has 0 spiro atoms. The average molecular weight is 250 g/mol. The highest BCUT2D eigenvalue weighted by molar-refractivity contribution is 5.61. The van der Waals surface area contributed by atoms with Gasteiger partial charge in [0.05, 0.1) is 4.92 Å². The first-order chi connectivity index (χ1) is 8.66. The minimum absolute atomic E-state index is 0.00220. The lowest BCUT2D eigenvalue weighted by Gasteiger charge is -2.15. The van der Waals surface area contributed by atoms with Crippen molar-refractivity contribution in [2.75, 3.05) is 20.4 Å². The zero-order valence-corrected chi connectivity index (χ0v) is 10.1. The molecule has 2 aliphatic rings. The van der Waals surface area contributed by atoms with E-state index in [-0.39, 0.29) is 23.6 Å². The molecule has 0 radical (unpaired) electrons. The molecule has 1 aromatic carbocycles. The van der Waals surface area contributed by atoms with Gasteiger partial charge in [0, 0.05) is 18.0 Å². The molecule has 0 atom stereocenters. The molecule has 1 heterocycles. The normalized spacial score (nSPS) is 18.7. The van der Waals surface area contributed by atoms with Crippen LogP contribution in [-0.2, 0) is 5.41 Å². The van der Waals surface area contributed by atoms with Gasteiger partial charge >= 0.3 is 5.69 Å². The Hall–Kier alpha value is -1.82. The smallest absolute Gasteiger partial charge is 0.315 e. The predicted molar refractivity (Wildman–Crippen MR) is 64.1 cm³/mol. The van der Waals surface area contributed by atoms with Crippen LogP contribution in [0.15, 0.2) is 12.1 Å². The van der Waals surface area contributed by atoms with Gasteiger partial charge in [0.15, 0.2) is 5.75 Å².